The first-order chi connectivity index (χ1) is 12.7. The van der Waals surface area contributed by atoms with Crippen molar-refractivity contribution in [3.05, 3.63) is 53.1 Å². The number of carbonyl (C=O) groups excluding carboxylic acids is 1. The van der Waals surface area contributed by atoms with Crippen LogP contribution in [0.15, 0.2) is 30.3 Å². The zero-order chi connectivity index (χ0) is 19.8. The highest BCUT2D eigenvalue weighted by Gasteiger charge is 2.37. The third kappa shape index (κ3) is 3.62. The number of hydrogen-bond donors (Lipinski definition) is 0. The number of halogens is 3. The second-order valence-corrected chi connectivity index (χ2v) is 6.06. The van der Waals surface area contributed by atoms with Crippen LogP contribution in [-0.4, -0.2) is 32.0 Å². The average molecular weight is 377 g/mol. The van der Waals surface area contributed by atoms with E-state index >= 15 is 0 Å². The van der Waals surface area contributed by atoms with Crippen molar-refractivity contribution in [1.82, 2.24) is 19.6 Å². The van der Waals surface area contributed by atoms with E-state index < -0.39 is 12.0 Å². The first-order valence-corrected chi connectivity index (χ1v) is 8.37. The summed E-state index contributed by atoms with van der Waals surface area (Å²) in [5.74, 6) is -1.56. The van der Waals surface area contributed by atoms with Gasteiger partial charge in [0, 0.05) is 29.2 Å². The Morgan fingerprint density at radius 1 is 1.15 bits per heavy atom. The molecule has 0 fully saturated rings. The van der Waals surface area contributed by atoms with E-state index in [1.165, 1.54) is 0 Å². The summed E-state index contributed by atoms with van der Waals surface area (Å²) in [5.41, 5.74) is 2.17. The average Bonchev–Trinajstić information content (AvgIpc) is 3.05. The van der Waals surface area contributed by atoms with Gasteiger partial charge in [-0.1, -0.05) is 18.2 Å². The molecule has 0 aliphatic carbocycles. The molecule has 0 N–H and O–H groups in total. The second kappa shape index (κ2) is 6.98. The summed E-state index contributed by atoms with van der Waals surface area (Å²) < 4.78 is 39.7. The van der Waals surface area contributed by atoms with Gasteiger partial charge in [-0.05, 0) is 32.9 Å². The highest BCUT2D eigenvalue weighted by Crippen LogP contribution is 2.27. The van der Waals surface area contributed by atoms with E-state index in [1.807, 2.05) is 37.3 Å². The van der Waals surface area contributed by atoms with Gasteiger partial charge in [0.2, 0.25) is 5.91 Å². The fraction of sp³-hybridized carbons (Fsp3) is 0.333. The van der Waals surface area contributed by atoms with Crippen LogP contribution >= 0.6 is 0 Å². The molecular formula is C18H18F3N5O. The van der Waals surface area contributed by atoms with Gasteiger partial charge < -0.3 is 4.90 Å². The minimum Gasteiger partial charge on any atom is -0.312 e. The maximum atomic E-state index is 12.9. The van der Waals surface area contributed by atoms with Crippen molar-refractivity contribution < 1.29 is 18.0 Å². The molecule has 1 amide bonds. The van der Waals surface area contributed by atoms with Gasteiger partial charge in [0.05, 0.1) is 6.42 Å². The second-order valence-electron chi connectivity index (χ2n) is 6.06. The largest absolute Gasteiger partial charge is 0.453 e. The number of likely N-dealkylation sites (N-methyl/N-ethyl adjacent to an activating group) is 1. The highest BCUT2D eigenvalue weighted by molar-refractivity contribution is 5.94. The Balaban J connectivity index is 1.98. The normalized spacial score (nSPS) is 11.8. The number of aryl methyl sites for hydroxylation is 2. The maximum absolute atomic E-state index is 12.9. The third-order valence-electron chi connectivity index (χ3n) is 4.32. The standard InChI is InChI=1S/C18H18F3N5O/c1-4-25(13-8-6-5-7-9-13)15(27)10-14-11(2)22-17-23-16(18(19,20)21)24-26(17)12(14)3/h5-9H,4,10H2,1-3H3. The summed E-state index contributed by atoms with van der Waals surface area (Å²) >= 11 is 0. The molecule has 0 saturated carbocycles. The predicted molar refractivity (Wildman–Crippen MR) is 93.4 cm³/mol. The highest BCUT2D eigenvalue weighted by atomic mass is 19.4. The fourth-order valence-electron chi connectivity index (χ4n) is 2.94. The molecule has 0 radical (unpaired) electrons. The third-order valence-corrected chi connectivity index (χ3v) is 4.32. The SMILES string of the molecule is CCN(C(=O)Cc1c(C)nc2nc(C(F)(F)F)nn2c1C)c1ccccc1. The predicted octanol–water partition coefficient (Wildman–Crippen LogP) is 3.36. The Morgan fingerprint density at radius 2 is 1.81 bits per heavy atom. The molecule has 2 aromatic heterocycles. The van der Waals surface area contributed by atoms with Crippen molar-refractivity contribution in [2.75, 3.05) is 11.4 Å². The van der Waals surface area contributed by atoms with Crippen LogP contribution in [0.1, 0.15) is 29.7 Å². The summed E-state index contributed by atoms with van der Waals surface area (Å²) in [5, 5.41) is 3.51. The number of fused-ring (bicyclic) bond motifs is 1. The number of carbonyl (C=O) groups is 1. The van der Waals surface area contributed by atoms with Crippen LogP contribution in [0.2, 0.25) is 0 Å². The lowest BCUT2D eigenvalue weighted by Crippen LogP contribution is -2.32. The lowest BCUT2D eigenvalue weighted by molar-refractivity contribution is -0.144. The van der Waals surface area contributed by atoms with Crippen molar-refractivity contribution in [3.8, 4) is 0 Å². The molecule has 3 aromatic rings. The number of benzene rings is 1. The number of rotatable bonds is 4. The van der Waals surface area contributed by atoms with E-state index in [-0.39, 0.29) is 18.1 Å². The van der Waals surface area contributed by atoms with Crippen molar-refractivity contribution in [2.45, 2.75) is 33.4 Å². The van der Waals surface area contributed by atoms with Crippen LogP contribution in [0, 0.1) is 13.8 Å². The number of anilines is 1. The van der Waals surface area contributed by atoms with Crippen molar-refractivity contribution in [2.24, 2.45) is 0 Å². The van der Waals surface area contributed by atoms with Crippen molar-refractivity contribution >= 4 is 17.4 Å². The molecule has 0 aliphatic heterocycles. The number of nitrogens with zero attached hydrogens (tertiary/aromatic N) is 5. The van der Waals surface area contributed by atoms with Gasteiger partial charge in [0.25, 0.3) is 11.6 Å². The number of para-hydroxylation sites is 1. The Hall–Kier alpha value is -2.97. The fourth-order valence-corrected chi connectivity index (χ4v) is 2.94. The van der Waals surface area contributed by atoms with Crippen LogP contribution in [0.25, 0.3) is 5.78 Å². The summed E-state index contributed by atoms with van der Waals surface area (Å²) in [7, 11) is 0. The molecule has 27 heavy (non-hydrogen) atoms. The first-order valence-electron chi connectivity index (χ1n) is 8.37. The van der Waals surface area contributed by atoms with E-state index in [0.29, 0.717) is 23.5 Å². The monoisotopic (exact) mass is 377 g/mol. The molecular weight excluding hydrogens is 359 g/mol. The molecule has 9 heteroatoms. The molecule has 0 saturated heterocycles. The van der Waals surface area contributed by atoms with Gasteiger partial charge in [0.15, 0.2) is 0 Å². The van der Waals surface area contributed by atoms with Crippen molar-refractivity contribution in [1.29, 1.82) is 0 Å². The van der Waals surface area contributed by atoms with Gasteiger partial charge >= 0.3 is 6.18 Å². The Bertz CT molecular complexity index is 982. The van der Waals surface area contributed by atoms with Crippen LogP contribution in [0.5, 0.6) is 0 Å². The summed E-state index contributed by atoms with van der Waals surface area (Å²) in [6.07, 6.45) is -4.65. The summed E-state index contributed by atoms with van der Waals surface area (Å²) in [4.78, 5) is 22.0. The molecule has 6 nitrogen and oxygen atoms in total. The molecule has 1 aromatic carbocycles. The molecule has 0 spiro atoms. The van der Waals surface area contributed by atoms with Gasteiger partial charge in [-0.15, -0.1) is 5.10 Å². The van der Waals surface area contributed by atoms with E-state index in [9.17, 15) is 18.0 Å². The zero-order valence-corrected chi connectivity index (χ0v) is 15.1. The summed E-state index contributed by atoms with van der Waals surface area (Å²) in [6.45, 7) is 5.59. The Labute approximate surface area is 153 Å². The number of hydrogen-bond acceptors (Lipinski definition) is 4. The lowest BCUT2D eigenvalue weighted by Gasteiger charge is -2.22. The van der Waals surface area contributed by atoms with Gasteiger partial charge in [0.1, 0.15) is 0 Å². The first kappa shape index (κ1) is 18.8. The van der Waals surface area contributed by atoms with E-state index in [1.54, 1.807) is 18.7 Å². The van der Waals surface area contributed by atoms with Crippen LogP contribution in [0.4, 0.5) is 18.9 Å². The van der Waals surface area contributed by atoms with Gasteiger partial charge in [-0.3, -0.25) is 4.79 Å². The molecule has 0 unspecified atom stereocenters. The maximum Gasteiger partial charge on any atom is 0.453 e. The van der Waals surface area contributed by atoms with Crippen LogP contribution in [-0.2, 0) is 17.4 Å². The minimum absolute atomic E-state index is 0.00452. The zero-order valence-electron chi connectivity index (χ0n) is 15.1. The molecule has 0 bridgehead atoms. The van der Waals surface area contributed by atoms with E-state index in [0.717, 1.165) is 10.2 Å². The lowest BCUT2D eigenvalue weighted by atomic mass is 10.1. The smallest absolute Gasteiger partial charge is 0.312 e. The minimum atomic E-state index is -4.66. The van der Waals surface area contributed by atoms with Crippen molar-refractivity contribution in [3.63, 3.8) is 0 Å². The molecule has 0 aliphatic rings. The van der Waals surface area contributed by atoms with E-state index in [4.69, 9.17) is 0 Å². The Kier molecular flexibility index (Phi) is 4.86. The van der Waals surface area contributed by atoms with Gasteiger partial charge in [-0.2, -0.15) is 18.2 Å². The quantitative estimate of drug-likeness (QED) is 0.700. The van der Waals surface area contributed by atoms with Crippen LogP contribution in [0.3, 0.4) is 0 Å². The topological polar surface area (TPSA) is 63.4 Å². The number of aromatic nitrogens is 4. The molecule has 142 valence electrons. The number of amides is 1. The Morgan fingerprint density at radius 3 is 2.41 bits per heavy atom. The molecule has 3 rings (SSSR count). The molecule has 0 atom stereocenters. The number of alkyl halides is 3. The van der Waals surface area contributed by atoms with Crippen LogP contribution < -0.4 is 4.90 Å². The molecule has 2 heterocycles. The summed E-state index contributed by atoms with van der Waals surface area (Å²) in [6, 6.07) is 9.19. The van der Waals surface area contributed by atoms with E-state index in [2.05, 4.69) is 15.1 Å². The van der Waals surface area contributed by atoms with Gasteiger partial charge in [-0.25, -0.2) is 9.50 Å².